The van der Waals surface area contributed by atoms with Crippen LogP contribution in [0.2, 0.25) is 0 Å². The summed E-state index contributed by atoms with van der Waals surface area (Å²) in [7, 11) is -9.89. The topological polar surface area (TPSA) is 237 Å². The Morgan fingerprint density at radius 2 is 0.578 bits per heavy atom. The van der Waals surface area contributed by atoms with E-state index in [2.05, 4.69) is 55.4 Å². The molecule has 3 N–H and O–H groups in total. The molecule has 0 heterocycles. The minimum Gasteiger partial charge on any atom is -0.462 e. The van der Waals surface area contributed by atoms with Gasteiger partial charge in [0.2, 0.25) is 0 Å². The Balaban J connectivity index is 5.28. The third-order valence-electron chi connectivity index (χ3n) is 15.7. The molecule has 17 nitrogen and oxygen atoms in total. The quantitative estimate of drug-likeness (QED) is 0.0222. The van der Waals surface area contributed by atoms with E-state index in [-0.39, 0.29) is 25.7 Å². The van der Waals surface area contributed by atoms with Crippen LogP contribution in [0.1, 0.15) is 306 Å². The van der Waals surface area contributed by atoms with Crippen molar-refractivity contribution in [3.8, 4) is 0 Å². The molecular weight excluding hydrogens is 1100 g/mol. The summed E-state index contributed by atoms with van der Waals surface area (Å²) in [6, 6.07) is 0. The highest BCUT2D eigenvalue weighted by atomic mass is 31.2. The predicted molar refractivity (Wildman–Crippen MR) is 331 cm³/mol. The molecule has 0 aliphatic rings. The smallest absolute Gasteiger partial charge is 0.462 e. The highest BCUT2D eigenvalue weighted by molar-refractivity contribution is 7.47. The lowest BCUT2D eigenvalue weighted by molar-refractivity contribution is -0.161. The van der Waals surface area contributed by atoms with E-state index in [0.717, 1.165) is 126 Å². The predicted octanol–water partition coefficient (Wildman–Crippen LogP) is 17.4. The third-order valence-corrected chi connectivity index (χ3v) is 17.6. The SMILES string of the molecule is CCC(C)CCCCCCCCCCC(=O)O[C@H](COC(=O)CCCCCCCCC(C)CC)COP(=O)(O)OC[C@@H](O)COP(=O)(O)OC[C@@H](COC(=O)CCCCCCCCC(C)CC)OC(=O)CCCCCCCCCCC(C)C. The number of hydrogen-bond acceptors (Lipinski definition) is 15. The first-order valence-corrected chi connectivity index (χ1v) is 36.3. The first-order chi connectivity index (χ1) is 39.7. The number of hydrogen-bond donors (Lipinski definition) is 3. The van der Waals surface area contributed by atoms with Crippen molar-refractivity contribution in [1.82, 2.24) is 0 Å². The van der Waals surface area contributed by atoms with Gasteiger partial charge < -0.3 is 33.8 Å². The second-order valence-corrected chi connectivity index (χ2v) is 27.3. The van der Waals surface area contributed by atoms with E-state index in [0.29, 0.717) is 25.7 Å². The molecule has 0 aliphatic heterocycles. The van der Waals surface area contributed by atoms with Crippen LogP contribution in [-0.4, -0.2) is 96.7 Å². The molecule has 0 bridgehead atoms. The van der Waals surface area contributed by atoms with Gasteiger partial charge >= 0.3 is 39.5 Å². The van der Waals surface area contributed by atoms with E-state index in [1.807, 2.05) is 0 Å². The minimum absolute atomic E-state index is 0.103. The molecule has 19 heteroatoms. The first-order valence-electron chi connectivity index (χ1n) is 33.3. The summed E-state index contributed by atoms with van der Waals surface area (Å²) in [4.78, 5) is 72.2. The van der Waals surface area contributed by atoms with E-state index in [1.165, 1.54) is 96.3 Å². The lowest BCUT2D eigenvalue weighted by Crippen LogP contribution is -2.30. The van der Waals surface area contributed by atoms with E-state index < -0.39 is 97.5 Å². The zero-order valence-electron chi connectivity index (χ0n) is 53.8. The molecule has 0 saturated heterocycles. The lowest BCUT2D eigenvalue weighted by atomic mass is 9.99. The fourth-order valence-corrected chi connectivity index (χ4v) is 10.9. The first kappa shape index (κ1) is 81.1. The lowest BCUT2D eigenvalue weighted by Gasteiger charge is -2.21. The van der Waals surface area contributed by atoms with Crippen molar-refractivity contribution in [2.75, 3.05) is 39.6 Å². The molecule has 0 radical (unpaired) electrons. The van der Waals surface area contributed by atoms with Crippen LogP contribution in [-0.2, 0) is 65.4 Å². The maximum atomic E-state index is 13.0. The number of phosphoric ester groups is 2. The van der Waals surface area contributed by atoms with Crippen molar-refractivity contribution < 1.29 is 80.2 Å². The normalized spacial score (nSPS) is 15.4. The van der Waals surface area contributed by atoms with Gasteiger partial charge in [0.1, 0.15) is 19.3 Å². The van der Waals surface area contributed by atoms with Crippen LogP contribution in [0.3, 0.4) is 0 Å². The Morgan fingerprint density at radius 1 is 0.337 bits per heavy atom. The molecular formula is C64H124O17P2. The van der Waals surface area contributed by atoms with Crippen LogP contribution in [0.4, 0.5) is 0 Å². The third kappa shape index (κ3) is 55.1. The van der Waals surface area contributed by atoms with Gasteiger partial charge in [0.15, 0.2) is 12.2 Å². The van der Waals surface area contributed by atoms with Gasteiger partial charge in [-0.2, -0.15) is 0 Å². The Hall–Kier alpha value is -1.94. The fraction of sp³-hybridized carbons (Fsp3) is 0.938. The molecule has 0 aromatic heterocycles. The number of ether oxygens (including phenoxy) is 4. The molecule has 492 valence electrons. The summed E-state index contributed by atoms with van der Waals surface area (Å²) in [5.41, 5.74) is 0. The van der Waals surface area contributed by atoms with Gasteiger partial charge in [0.05, 0.1) is 26.4 Å². The number of aliphatic hydroxyl groups is 1. The molecule has 0 saturated carbocycles. The molecule has 0 fully saturated rings. The fourth-order valence-electron chi connectivity index (χ4n) is 9.33. The monoisotopic (exact) mass is 1230 g/mol. The number of aliphatic hydroxyl groups excluding tert-OH is 1. The van der Waals surface area contributed by atoms with Crippen molar-refractivity contribution in [2.24, 2.45) is 23.7 Å². The Kier molecular flexibility index (Phi) is 53.0. The minimum atomic E-state index is -4.95. The summed E-state index contributed by atoms with van der Waals surface area (Å²) < 4.78 is 68.0. The van der Waals surface area contributed by atoms with E-state index in [1.54, 1.807) is 0 Å². The van der Waals surface area contributed by atoms with E-state index >= 15 is 0 Å². The Labute approximate surface area is 505 Å². The Morgan fingerprint density at radius 3 is 0.855 bits per heavy atom. The van der Waals surface area contributed by atoms with Crippen molar-refractivity contribution in [1.29, 1.82) is 0 Å². The summed E-state index contributed by atoms with van der Waals surface area (Å²) in [6.45, 7) is 14.0. The standard InChI is InChI=1S/C64H124O17P2/c1-9-55(6)41-33-25-17-13-15-19-31-39-47-64(69)81-60(51-75-62(67)45-37-29-23-21-27-35-43-57(8)11-3)53-79-83(72,73)77-49-58(65)48-76-82(70,71)78-52-59(50-74-61(66)44-36-28-22-20-26-34-42-56(7)10-2)80-63(68)46-38-30-18-14-12-16-24-32-40-54(4)5/h54-60,65H,9-53H2,1-8H3,(H,70,71)(H,72,73)/t55?,56?,57?,58-,59+,60+/m0/s1. The average Bonchev–Trinajstić information content (AvgIpc) is 3.45. The highest BCUT2D eigenvalue weighted by Gasteiger charge is 2.30. The van der Waals surface area contributed by atoms with E-state index in [9.17, 15) is 43.2 Å². The van der Waals surface area contributed by atoms with Crippen LogP contribution < -0.4 is 0 Å². The summed E-state index contributed by atoms with van der Waals surface area (Å²) in [6.07, 6.45) is 33.5. The number of phosphoric acid groups is 2. The van der Waals surface area contributed by atoms with Crippen LogP contribution in [0, 0.1) is 23.7 Å². The number of carbonyl (C=O) groups is 4. The van der Waals surface area contributed by atoms with Gasteiger partial charge in [-0.25, -0.2) is 9.13 Å². The molecule has 0 amide bonds. The molecule has 0 aromatic carbocycles. The maximum Gasteiger partial charge on any atom is 0.472 e. The molecule has 0 spiro atoms. The number of rotatable bonds is 61. The van der Waals surface area contributed by atoms with Crippen molar-refractivity contribution in [3.05, 3.63) is 0 Å². The van der Waals surface area contributed by atoms with Crippen LogP contribution >= 0.6 is 15.6 Å². The summed E-state index contributed by atoms with van der Waals surface area (Å²) >= 11 is 0. The molecule has 0 aliphatic carbocycles. The zero-order chi connectivity index (χ0) is 61.8. The molecule has 83 heavy (non-hydrogen) atoms. The van der Waals surface area contributed by atoms with Crippen LogP contribution in [0.25, 0.3) is 0 Å². The van der Waals surface area contributed by atoms with Gasteiger partial charge in [-0.05, 0) is 49.4 Å². The summed E-state index contributed by atoms with van der Waals surface area (Å²) in [5, 5.41) is 10.5. The number of carbonyl (C=O) groups excluding carboxylic acids is 4. The largest absolute Gasteiger partial charge is 0.472 e. The average molecular weight is 1230 g/mol. The molecule has 0 aromatic rings. The number of esters is 4. The maximum absolute atomic E-state index is 13.0. The van der Waals surface area contributed by atoms with Gasteiger partial charge in [-0.15, -0.1) is 0 Å². The summed E-state index contributed by atoms with van der Waals surface area (Å²) in [5.74, 6) is 0.807. The molecule has 5 unspecified atom stereocenters. The van der Waals surface area contributed by atoms with Gasteiger partial charge in [-0.1, -0.05) is 254 Å². The molecule has 8 atom stereocenters. The van der Waals surface area contributed by atoms with Gasteiger partial charge in [0, 0.05) is 25.7 Å². The zero-order valence-corrected chi connectivity index (χ0v) is 55.6. The van der Waals surface area contributed by atoms with Crippen molar-refractivity contribution in [3.63, 3.8) is 0 Å². The van der Waals surface area contributed by atoms with Crippen molar-refractivity contribution in [2.45, 2.75) is 324 Å². The van der Waals surface area contributed by atoms with Crippen molar-refractivity contribution >= 4 is 39.5 Å². The molecule has 0 rings (SSSR count). The van der Waals surface area contributed by atoms with E-state index in [4.69, 9.17) is 37.0 Å². The second kappa shape index (κ2) is 54.2. The van der Waals surface area contributed by atoms with Crippen LogP contribution in [0.15, 0.2) is 0 Å². The Bertz CT molecular complexity index is 1670. The second-order valence-electron chi connectivity index (χ2n) is 24.4. The van der Waals surface area contributed by atoms with Crippen LogP contribution in [0.5, 0.6) is 0 Å². The number of unbranched alkanes of at least 4 members (excludes halogenated alkanes) is 24. The van der Waals surface area contributed by atoms with Gasteiger partial charge in [0.25, 0.3) is 0 Å². The van der Waals surface area contributed by atoms with Gasteiger partial charge in [-0.3, -0.25) is 37.3 Å². The highest BCUT2D eigenvalue weighted by Crippen LogP contribution is 2.45.